The second-order valence-corrected chi connectivity index (χ2v) is 8.04. The van der Waals surface area contributed by atoms with E-state index in [0.29, 0.717) is 35.4 Å². The molecule has 3 fully saturated rings. The largest absolute Gasteiger partial charge is 0.389 e. The Hall–Kier alpha value is -1.85. The van der Waals surface area contributed by atoms with Crippen molar-refractivity contribution in [2.24, 2.45) is 28.8 Å². The van der Waals surface area contributed by atoms with E-state index in [2.05, 4.69) is 30.9 Å². The number of imidazole rings is 1. The molecule has 0 radical (unpaired) electrons. The van der Waals surface area contributed by atoms with Crippen molar-refractivity contribution >= 4 is 11.6 Å². The summed E-state index contributed by atoms with van der Waals surface area (Å²) >= 11 is 0. The first-order chi connectivity index (χ1) is 11.0. The summed E-state index contributed by atoms with van der Waals surface area (Å²) < 4.78 is 1.98. The average molecular weight is 314 g/mol. The minimum Gasteiger partial charge on any atom is -0.389 e. The zero-order valence-electron chi connectivity index (χ0n) is 13.8. The number of carbonyl (C=O) groups excluding carboxylic acids is 1. The fraction of sp³-hybridized carbons (Fsp3) is 0.706. The normalized spacial score (nSPS) is 39.8. The van der Waals surface area contributed by atoms with E-state index in [4.69, 9.17) is 4.84 Å². The minimum absolute atomic E-state index is 0.00536. The number of hydrogen-bond donors (Lipinski definition) is 0. The second kappa shape index (κ2) is 4.16. The van der Waals surface area contributed by atoms with Crippen LogP contribution in [0.5, 0.6) is 0 Å². The van der Waals surface area contributed by atoms with Gasteiger partial charge in [-0.2, -0.15) is 0 Å². The fourth-order valence-corrected chi connectivity index (χ4v) is 4.40. The van der Waals surface area contributed by atoms with Crippen molar-refractivity contribution in [2.75, 3.05) is 13.1 Å². The Labute approximate surface area is 135 Å². The minimum atomic E-state index is 0.00536. The Morgan fingerprint density at radius 2 is 2.13 bits per heavy atom. The topological polar surface area (TPSA) is 59.7 Å². The molecule has 23 heavy (non-hydrogen) atoms. The number of aromatic nitrogens is 2. The molecule has 2 saturated carbocycles. The molecule has 122 valence electrons. The molecular formula is C17H22N4O2. The van der Waals surface area contributed by atoms with Crippen LogP contribution < -0.4 is 0 Å². The first kappa shape index (κ1) is 13.6. The summed E-state index contributed by atoms with van der Waals surface area (Å²) in [5, 5.41) is 4.33. The fourth-order valence-electron chi connectivity index (χ4n) is 4.40. The van der Waals surface area contributed by atoms with Crippen LogP contribution in [0.2, 0.25) is 0 Å². The van der Waals surface area contributed by atoms with Crippen LogP contribution in [0.4, 0.5) is 0 Å². The van der Waals surface area contributed by atoms with Crippen LogP contribution in [0, 0.1) is 23.7 Å². The van der Waals surface area contributed by atoms with E-state index < -0.39 is 0 Å². The number of fused-ring (bicyclic) bond motifs is 2. The molecule has 0 aromatic carbocycles. The zero-order valence-corrected chi connectivity index (χ0v) is 13.8. The number of amides is 1. The number of rotatable bonds is 3. The van der Waals surface area contributed by atoms with Crippen molar-refractivity contribution in [1.29, 1.82) is 0 Å². The van der Waals surface area contributed by atoms with Gasteiger partial charge in [0.25, 0.3) is 5.91 Å². The molecule has 1 aromatic heterocycles. The molecule has 1 amide bonds. The first-order valence-corrected chi connectivity index (χ1v) is 8.56. The van der Waals surface area contributed by atoms with Gasteiger partial charge in [-0.05, 0) is 32.6 Å². The molecule has 1 aromatic rings. The average Bonchev–Trinajstić information content (AvgIpc) is 3.14. The lowest BCUT2D eigenvalue weighted by Crippen LogP contribution is -2.33. The maximum absolute atomic E-state index is 12.6. The molecule has 5 rings (SSSR count). The number of carbonyl (C=O) groups is 1. The maximum atomic E-state index is 12.6. The summed E-state index contributed by atoms with van der Waals surface area (Å²) in [6.07, 6.45) is 4.73. The summed E-state index contributed by atoms with van der Waals surface area (Å²) in [7, 11) is 0. The lowest BCUT2D eigenvalue weighted by molar-refractivity contribution is 0.0618. The Kier molecular flexibility index (Phi) is 2.46. The smallest absolute Gasteiger partial charge is 0.274 e. The third-order valence-corrected chi connectivity index (χ3v) is 6.14. The SMILES string of the molecule is CC(C)n1cnc(C(=O)N2C[C@@H]3C(C4=NO[C@]5(C)C[C@@H]45)[C@@H]3C2)c1. The van der Waals surface area contributed by atoms with Crippen molar-refractivity contribution in [3.63, 3.8) is 0 Å². The van der Waals surface area contributed by atoms with Crippen molar-refractivity contribution in [3.8, 4) is 0 Å². The van der Waals surface area contributed by atoms with E-state index in [1.807, 2.05) is 15.7 Å². The van der Waals surface area contributed by atoms with Crippen LogP contribution >= 0.6 is 0 Å². The summed E-state index contributed by atoms with van der Waals surface area (Å²) in [6, 6.07) is 0.327. The summed E-state index contributed by atoms with van der Waals surface area (Å²) in [6.45, 7) is 7.99. The highest BCUT2D eigenvalue weighted by Gasteiger charge is 2.68. The van der Waals surface area contributed by atoms with E-state index >= 15 is 0 Å². The quantitative estimate of drug-likeness (QED) is 0.857. The van der Waals surface area contributed by atoms with Gasteiger partial charge in [-0.1, -0.05) is 5.16 Å². The van der Waals surface area contributed by atoms with E-state index in [1.54, 1.807) is 6.33 Å². The Bertz CT molecular complexity index is 712. The molecule has 3 heterocycles. The van der Waals surface area contributed by atoms with E-state index in [0.717, 1.165) is 19.5 Å². The highest BCUT2D eigenvalue weighted by atomic mass is 16.7. The molecule has 2 aliphatic heterocycles. The molecule has 2 aliphatic carbocycles. The maximum Gasteiger partial charge on any atom is 0.274 e. The van der Waals surface area contributed by atoms with Crippen molar-refractivity contribution in [2.45, 2.75) is 38.8 Å². The van der Waals surface area contributed by atoms with E-state index in [9.17, 15) is 4.79 Å². The monoisotopic (exact) mass is 314 g/mol. The highest BCUT2D eigenvalue weighted by Crippen LogP contribution is 2.61. The van der Waals surface area contributed by atoms with Gasteiger partial charge >= 0.3 is 0 Å². The number of nitrogens with zero attached hydrogens (tertiary/aromatic N) is 4. The van der Waals surface area contributed by atoms with Crippen molar-refractivity contribution < 1.29 is 9.63 Å². The van der Waals surface area contributed by atoms with Gasteiger partial charge in [0, 0.05) is 43.6 Å². The molecule has 5 atom stereocenters. The van der Waals surface area contributed by atoms with E-state index in [1.165, 1.54) is 5.71 Å². The Balaban J connectivity index is 1.24. The molecule has 0 bridgehead atoms. The van der Waals surface area contributed by atoms with Crippen LogP contribution in [0.3, 0.4) is 0 Å². The number of oxime groups is 1. The molecular weight excluding hydrogens is 292 g/mol. The zero-order chi connectivity index (χ0) is 15.9. The van der Waals surface area contributed by atoms with Crippen molar-refractivity contribution in [3.05, 3.63) is 18.2 Å². The van der Waals surface area contributed by atoms with Crippen molar-refractivity contribution in [1.82, 2.24) is 14.5 Å². The summed E-state index contributed by atoms with van der Waals surface area (Å²) in [5.41, 5.74) is 1.84. The van der Waals surface area contributed by atoms with Gasteiger partial charge in [-0.15, -0.1) is 0 Å². The Morgan fingerprint density at radius 3 is 2.65 bits per heavy atom. The van der Waals surface area contributed by atoms with E-state index in [-0.39, 0.29) is 11.5 Å². The van der Waals surface area contributed by atoms with Gasteiger partial charge < -0.3 is 14.3 Å². The lowest BCUT2D eigenvalue weighted by Gasteiger charge is -2.18. The summed E-state index contributed by atoms with van der Waals surface area (Å²) in [4.78, 5) is 24.4. The van der Waals surface area contributed by atoms with Gasteiger partial charge in [0.15, 0.2) is 0 Å². The van der Waals surface area contributed by atoms with Crippen LogP contribution in [-0.4, -0.2) is 44.8 Å². The number of piperidine rings is 1. The lowest BCUT2D eigenvalue weighted by atomic mass is 10.1. The number of likely N-dealkylation sites (tertiary alicyclic amines) is 1. The van der Waals surface area contributed by atoms with Gasteiger partial charge in [-0.25, -0.2) is 4.98 Å². The molecule has 1 unspecified atom stereocenters. The van der Waals surface area contributed by atoms with Gasteiger partial charge in [0.2, 0.25) is 0 Å². The first-order valence-electron chi connectivity index (χ1n) is 8.56. The van der Waals surface area contributed by atoms with Crippen LogP contribution in [0.1, 0.15) is 43.7 Å². The molecule has 0 N–H and O–H groups in total. The van der Waals surface area contributed by atoms with Gasteiger partial charge in [-0.3, -0.25) is 4.79 Å². The highest BCUT2D eigenvalue weighted by molar-refractivity contribution is 5.97. The third kappa shape index (κ3) is 1.83. The Morgan fingerprint density at radius 1 is 1.39 bits per heavy atom. The standard InChI is InChI=1S/C17H22N4O2/c1-9(2)21-7-13(18-8-21)16(22)20-5-10-11(6-20)14(10)15-12-4-17(12,3)23-19-15/h7-12,14H,4-6H2,1-3H3/t10-,11+,12-,14?,17+/m0/s1. The number of hydrogen-bond acceptors (Lipinski definition) is 4. The van der Waals surface area contributed by atoms with Crippen LogP contribution in [-0.2, 0) is 4.84 Å². The summed E-state index contributed by atoms with van der Waals surface area (Å²) in [5.74, 6) is 2.33. The molecule has 6 heteroatoms. The predicted octanol–water partition coefficient (Wildman–Crippen LogP) is 1.95. The predicted molar refractivity (Wildman–Crippen MR) is 84.0 cm³/mol. The third-order valence-electron chi connectivity index (χ3n) is 6.14. The van der Waals surface area contributed by atoms with Crippen LogP contribution in [0.15, 0.2) is 17.7 Å². The van der Waals surface area contributed by atoms with Crippen LogP contribution in [0.25, 0.3) is 0 Å². The second-order valence-electron chi connectivity index (χ2n) is 8.04. The molecule has 0 spiro atoms. The molecule has 6 nitrogen and oxygen atoms in total. The molecule has 4 aliphatic rings. The van der Waals surface area contributed by atoms with Gasteiger partial charge in [0.1, 0.15) is 11.3 Å². The molecule has 1 saturated heterocycles. The van der Waals surface area contributed by atoms with Gasteiger partial charge in [0.05, 0.1) is 12.0 Å².